The largest absolute Gasteiger partial charge is 0.330 e. The summed E-state index contributed by atoms with van der Waals surface area (Å²) in [6.45, 7) is 9.86. The Hall–Kier alpha value is -0.370. The van der Waals surface area contributed by atoms with Crippen molar-refractivity contribution < 1.29 is 4.79 Å². The number of nitrogens with two attached hydrogens (primary N) is 1. The first-order chi connectivity index (χ1) is 8.95. The third-order valence-electron chi connectivity index (χ3n) is 5.30. The molecular formula is C17H33NO. The van der Waals surface area contributed by atoms with Gasteiger partial charge in [-0.2, -0.15) is 0 Å². The molecule has 0 aromatic carbocycles. The number of Topliss-reactive ketones (excluding diaryl/α,β-unsaturated/α-hetero) is 1. The van der Waals surface area contributed by atoms with E-state index in [0.29, 0.717) is 29.5 Å². The SMILES string of the molecule is CC(C)C(CCN)CCC(=O)C1CCC(C)C(C)C1. The molecule has 0 spiro atoms. The highest BCUT2D eigenvalue weighted by atomic mass is 16.1. The van der Waals surface area contributed by atoms with Crippen molar-refractivity contribution in [1.29, 1.82) is 0 Å². The van der Waals surface area contributed by atoms with E-state index in [9.17, 15) is 4.79 Å². The van der Waals surface area contributed by atoms with Crippen molar-refractivity contribution in [2.24, 2.45) is 35.3 Å². The average Bonchev–Trinajstić information content (AvgIpc) is 2.37. The number of hydrogen-bond donors (Lipinski definition) is 1. The standard InChI is InChI=1S/C17H33NO/c1-12(2)15(9-10-18)7-8-17(19)16-6-5-13(3)14(4)11-16/h12-16H,5-11,18H2,1-4H3. The monoisotopic (exact) mass is 267 g/mol. The zero-order valence-corrected chi connectivity index (χ0v) is 13.3. The van der Waals surface area contributed by atoms with Gasteiger partial charge in [-0.3, -0.25) is 4.79 Å². The van der Waals surface area contributed by atoms with E-state index in [-0.39, 0.29) is 0 Å². The van der Waals surface area contributed by atoms with Crippen LogP contribution in [0.4, 0.5) is 0 Å². The van der Waals surface area contributed by atoms with Crippen LogP contribution in [0.2, 0.25) is 0 Å². The number of carbonyl (C=O) groups excluding carboxylic acids is 1. The van der Waals surface area contributed by atoms with E-state index in [1.807, 2.05) is 0 Å². The highest BCUT2D eigenvalue weighted by Gasteiger charge is 2.29. The van der Waals surface area contributed by atoms with E-state index >= 15 is 0 Å². The summed E-state index contributed by atoms with van der Waals surface area (Å²) in [5.74, 6) is 3.63. The van der Waals surface area contributed by atoms with Gasteiger partial charge in [0.2, 0.25) is 0 Å². The summed E-state index contributed by atoms with van der Waals surface area (Å²) in [5, 5.41) is 0. The van der Waals surface area contributed by atoms with Crippen molar-refractivity contribution in [2.45, 2.75) is 66.2 Å². The summed E-state index contributed by atoms with van der Waals surface area (Å²) < 4.78 is 0. The summed E-state index contributed by atoms with van der Waals surface area (Å²) in [6, 6.07) is 0. The Bertz CT molecular complexity index is 274. The van der Waals surface area contributed by atoms with Crippen LogP contribution < -0.4 is 5.73 Å². The van der Waals surface area contributed by atoms with Gasteiger partial charge in [0.1, 0.15) is 5.78 Å². The van der Waals surface area contributed by atoms with Crippen LogP contribution >= 0.6 is 0 Å². The van der Waals surface area contributed by atoms with E-state index in [1.165, 1.54) is 6.42 Å². The number of rotatable bonds is 7. The van der Waals surface area contributed by atoms with E-state index in [4.69, 9.17) is 5.73 Å². The molecule has 1 saturated carbocycles. The smallest absolute Gasteiger partial charge is 0.135 e. The molecule has 0 heterocycles. The molecule has 4 atom stereocenters. The summed E-state index contributed by atoms with van der Waals surface area (Å²) >= 11 is 0. The molecule has 1 aliphatic carbocycles. The molecule has 0 saturated heterocycles. The van der Waals surface area contributed by atoms with Crippen LogP contribution in [-0.2, 0) is 4.79 Å². The van der Waals surface area contributed by atoms with Crippen LogP contribution in [0.1, 0.15) is 66.2 Å². The first kappa shape index (κ1) is 16.7. The molecular weight excluding hydrogens is 234 g/mol. The third-order valence-corrected chi connectivity index (χ3v) is 5.30. The van der Waals surface area contributed by atoms with Crippen LogP contribution in [0.15, 0.2) is 0 Å². The Morgan fingerprint density at radius 1 is 1.16 bits per heavy atom. The van der Waals surface area contributed by atoms with Gasteiger partial charge in [-0.1, -0.05) is 27.7 Å². The Balaban J connectivity index is 2.38. The molecule has 2 N–H and O–H groups in total. The lowest BCUT2D eigenvalue weighted by molar-refractivity contribution is -0.125. The fraction of sp³-hybridized carbons (Fsp3) is 0.941. The highest BCUT2D eigenvalue weighted by molar-refractivity contribution is 5.81. The Morgan fingerprint density at radius 2 is 1.84 bits per heavy atom. The van der Waals surface area contributed by atoms with Crippen LogP contribution in [-0.4, -0.2) is 12.3 Å². The van der Waals surface area contributed by atoms with Crippen molar-refractivity contribution in [1.82, 2.24) is 0 Å². The van der Waals surface area contributed by atoms with Gasteiger partial charge < -0.3 is 5.73 Å². The van der Waals surface area contributed by atoms with Crippen molar-refractivity contribution in [2.75, 3.05) is 6.54 Å². The fourth-order valence-electron chi connectivity index (χ4n) is 3.40. The molecule has 1 fully saturated rings. The highest BCUT2D eigenvalue weighted by Crippen LogP contribution is 2.35. The van der Waals surface area contributed by atoms with Crippen LogP contribution in [0.25, 0.3) is 0 Å². The topological polar surface area (TPSA) is 43.1 Å². The normalized spacial score (nSPS) is 29.5. The zero-order valence-electron chi connectivity index (χ0n) is 13.3. The maximum Gasteiger partial charge on any atom is 0.135 e. The lowest BCUT2D eigenvalue weighted by Crippen LogP contribution is -2.27. The molecule has 1 aliphatic rings. The summed E-state index contributed by atoms with van der Waals surface area (Å²) in [5.41, 5.74) is 5.66. The first-order valence-corrected chi connectivity index (χ1v) is 8.18. The minimum Gasteiger partial charge on any atom is -0.330 e. The van der Waals surface area contributed by atoms with E-state index in [0.717, 1.165) is 44.6 Å². The first-order valence-electron chi connectivity index (χ1n) is 8.18. The van der Waals surface area contributed by atoms with Crippen molar-refractivity contribution in [3.8, 4) is 0 Å². The van der Waals surface area contributed by atoms with Crippen LogP contribution in [0.3, 0.4) is 0 Å². The maximum absolute atomic E-state index is 12.4. The molecule has 2 nitrogen and oxygen atoms in total. The summed E-state index contributed by atoms with van der Waals surface area (Å²) in [6.07, 6.45) is 6.33. The van der Waals surface area contributed by atoms with Crippen molar-refractivity contribution >= 4 is 5.78 Å². The lowest BCUT2D eigenvalue weighted by atomic mass is 9.73. The molecule has 0 aliphatic heterocycles. The Morgan fingerprint density at radius 3 is 2.37 bits per heavy atom. The third kappa shape index (κ3) is 5.25. The zero-order chi connectivity index (χ0) is 14.4. The van der Waals surface area contributed by atoms with E-state index in [2.05, 4.69) is 27.7 Å². The van der Waals surface area contributed by atoms with Gasteiger partial charge in [0.15, 0.2) is 0 Å². The molecule has 0 radical (unpaired) electrons. The second-order valence-electron chi connectivity index (χ2n) is 7.05. The average molecular weight is 267 g/mol. The van der Waals surface area contributed by atoms with Crippen LogP contribution in [0.5, 0.6) is 0 Å². The summed E-state index contributed by atoms with van der Waals surface area (Å²) in [4.78, 5) is 12.4. The second-order valence-corrected chi connectivity index (χ2v) is 7.05. The molecule has 0 amide bonds. The Labute approximate surface area is 119 Å². The Kier molecular flexibility index (Phi) is 7.06. The van der Waals surface area contributed by atoms with Gasteiger partial charge >= 0.3 is 0 Å². The predicted octanol–water partition coefficient (Wildman–Crippen LogP) is 4.03. The number of carbonyl (C=O) groups is 1. The van der Waals surface area contributed by atoms with Gasteiger partial charge in [0, 0.05) is 12.3 Å². The lowest BCUT2D eigenvalue weighted by Gasteiger charge is -2.31. The van der Waals surface area contributed by atoms with Gasteiger partial charge in [-0.05, 0) is 62.3 Å². The molecule has 0 bridgehead atoms. The maximum atomic E-state index is 12.4. The quantitative estimate of drug-likeness (QED) is 0.757. The van der Waals surface area contributed by atoms with Gasteiger partial charge in [0.05, 0.1) is 0 Å². The van der Waals surface area contributed by atoms with Crippen LogP contribution in [0, 0.1) is 29.6 Å². The molecule has 1 rings (SSSR count). The van der Waals surface area contributed by atoms with Crippen molar-refractivity contribution in [3.05, 3.63) is 0 Å². The van der Waals surface area contributed by atoms with Gasteiger partial charge in [-0.15, -0.1) is 0 Å². The minimum atomic E-state index is 0.344. The van der Waals surface area contributed by atoms with E-state index in [1.54, 1.807) is 0 Å². The molecule has 112 valence electrons. The molecule has 19 heavy (non-hydrogen) atoms. The molecule has 4 unspecified atom stereocenters. The van der Waals surface area contributed by atoms with Gasteiger partial charge in [-0.25, -0.2) is 0 Å². The van der Waals surface area contributed by atoms with E-state index < -0.39 is 0 Å². The number of ketones is 1. The summed E-state index contributed by atoms with van der Waals surface area (Å²) in [7, 11) is 0. The van der Waals surface area contributed by atoms with Gasteiger partial charge in [0.25, 0.3) is 0 Å². The second kappa shape index (κ2) is 8.04. The molecule has 0 aromatic heterocycles. The molecule has 2 heteroatoms. The predicted molar refractivity (Wildman–Crippen MR) is 81.9 cm³/mol. The minimum absolute atomic E-state index is 0.344. The number of hydrogen-bond acceptors (Lipinski definition) is 2. The van der Waals surface area contributed by atoms with Crippen molar-refractivity contribution in [3.63, 3.8) is 0 Å². The fourth-order valence-corrected chi connectivity index (χ4v) is 3.40. The molecule has 0 aromatic rings.